The zero-order valence-corrected chi connectivity index (χ0v) is 14.7. The summed E-state index contributed by atoms with van der Waals surface area (Å²) < 4.78 is 7.01. The second-order valence-corrected chi connectivity index (χ2v) is 6.77. The zero-order valence-electron chi connectivity index (χ0n) is 13.1. The fourth-order valence-corrected chi connectivity index (χ4v) is 3.45. The number of halogens is 1. The van der Waals surface area contributed by atoms with Gasteiger partial charge in [-0.25, -0.2) is 4.79 Å². The molecule has 2 aromatic carbocycles. The van der Waals surface area contributed by atoms with Crippen molar-refractivity contribution in [2.24, 2.45) is 0 Å². The molecule has 1 aliphatic rings. The predicted octanol–water partition coefficient (Wildman–Crippen LogP) is 4.19. The Hall–Kier alpha value is -1.65. The van der Waals surface area contributed by atoms with Gasteiger partial charge in [0.2, 0.25) is 0 Å². The summed E-state index contributed by atoms with van der Waals surface area (Å²) in [6.45, 7) is 3.62. The van der Waals surface area contributed by atoms with Crippen LogP contribution in [0.4, 0.5) is 0 Å². The van der Waals surface area contributed by atoms with Crippen LogP contribution in [0.2, 0.25) is 0 Å². The first-order valence-electron chi connectivity index (χ1n) is 7.87. The third-order valence-corrected chi connectivity index (χ3v) is 5.35. The first-order valence-corrected chi connectivity index (χ1v) is 8.66. The monoisotopic (exact) mass is 373 g/mol. The van der Waals surface area contributed by atoms with E-state index in [1.165, 1.54) is 0 Å². The summed E-state index contributed by atoms with van der Waals surface area (Å²) in [6, 6.07) is 15.7. The molecular weight excluding hydrogens is 354 g/mol. The molecule has 1 saturated heterocycles. The Labute approximate surface area is 145 Å². The zero-order chi connectivity index (χ0) is 16.3. The number of esters is 1. The van der Waals surface area contributed by atoms with E-state index in [0.29, 0.717) is 5.56 Å². The molecule has 1 fully saturated rings. The first kappa shape index (κ1) is 16.2. The number of piperidine rings is 1. The van der Waals surface area contributed by atoms with E-state index in [-0.39, 0.29) is 5.97 Å². The number of ether oxygens (including phenoxy) is 1. The molecule has 0 aromatic heterocycles. The molecule has 0 radical (unpaired) electrons. The molecule has 120 valence electrons. The van der Waals surface area contributed by atoms with E-state index >= 15 is 0 Å². The van der Waals surface area contributed by atoms with Gasteiger partial charge in [-0.3, -0.25) is 0 Å². The van der Waals surface area contributed by atoms with Crippen LogP contribution in [0.25, 0.3) is 0 Å². The summed E-state index contributed by atoms with van der Waals surface area (Å²) in [5.41, 5.74) is 2.06. The van der Waals surface area contributed by atoms with Gasteiger partial charge in [-0.05, 0) is 43.3 Å². The SMILES string of the molecule is Cc1c(Br)cccc1C(=O)OC1(c2ccccc2)CCNCC1. The molecule has 1 aliphatic heterocycles. The summed E-state index contributed by atoms with van der Waals surface area (Å²) in [5.74, 6) is -0.255. The molecule has 23 heavy (non-hydrogen) atoms. The molecule has 1 heterocycles. The van der Waals surface area contributed by atoms with Crippen LogP contribution in [0.3, 0.4) is 0 Å². The van der Waals surface area contributed by atoms with Crippen LogP contribution < -0.4 is 5.32 Å². The topological polar surface area (TPSA) is 38.3 Å². The van der Waals surface area contributed by atoms with Crippen molar-refractivity contribution in [1.82, 2.24) is 5.32 Å². The Kier molecular flexibility index (Phi) is 4.83. The molecular formula is C19H20BrNO2. The number of benzene rings is 2. The minimum atomic E-state index is -0.543. The van der Waals surface area contributed by atoms with Crippen LogP contribution in [-0.2, 0) is 10.3 Å². The highest BCUT2D eigenvalue weighted by molar-refractivity contribution is 9.10. The normalized spacial score (nSPS) is 16.8. The molecule has 0 bridgehead atoms. The van der Waals surface area contributed by atoms with Gasteiger partial charge in [-0.2, -0.15) is 0 Å². The Bertz CT molecular complexity index is 694. The Morgan fingerprint density at radius 2 is 1.78 bits per heavy atom. The van der Waals surface area contributed by atoms with Crippen LogP contribution in [0.5, 0.6) is 0 Å². The highest BCUT2D eigenvalue weighted by atomic mass is 79.9. The second-order valence-electron chi connectivity index (χ2n) is 5.91. The first-order chi connectivity index (χ1) is 11.1. The molecule has 4 heteroatoms. The molecule has 3 nitrogen and oxygen atoms in total. The van der Waals surface area contributed by atoms with Crippen molar-refractivity contribution < 1.29 is 9.53 Å². The lowest BCUT2D eigenvalue weighted by molar-refractivity contribution is -0.0379. The average Bonchev–Trinajstić information content (AvgIpc) is 2.59. The van der Waals surface area contributed by atoms with Crippen LogP contribution >= 0.6 is 15.9 Å². The third-order valence-electron chi connectivity index (χ3n) is 4.49. The number of hydrogen-bond acceptors (Lipinski definition) is 3. The minimum absolute atomic E-state index is 0.255. The molecule has 3 rings (SSSR count). The highest BCUT2D eigenvalue weighted by Crippen LogP contribution is 2.36. The van der Waals surface area contributed by atoms with Gasteiger partial charge in [0.1, 0.15) is 5.60 Å². The van der Waals surface area contributed by atoms with Gasteiger partial charge in [0.25, 0.3) is 0 Å². The van der Waals surface area contributed by atoms with E-state index in [9.17, 15) is 4.79 Å². The lowest BCUT2D eigenvalue weighted by Crippen LogP contribution is -2.43. The van der Waals surface area contributed by atoms with Gasteiger partial charge in [-0.15, -0.1) is 0 Å². The maximum absolute atomic E-state index is 12.8. The maximum atomic E-state index is 12.8. The average molecular weight is 374 g/mol. The lowest BCUT2D eigenvalue weighted by Gasteiger charge is -2.37. The van der Waals surface area contributed by atoms with Gasteiger partial charge in [0.15, 0.2) is 0 Å². The summed E-state index contributed by atoms with van der Waals surface area (Å²) in [6.07, 6.45) is 1.58. The molecule has 0 amide bonds. The summed E-state index contributed by atoms with van der Waals surface area (Å²) in [4.78, 5) is 12.8. The van der Waals surface area contributed by atoms with E-state index in [2.05, 4.69) is 21.2 Å². The summed E-state index contributed by atoms with van der Waals surface area (Å²) in [7, 11) is 0. The largest absolute Gasteiger partial charge is 0.450 e. The Morgan fingerprint density at radius 1 is 1.09 bits per heavy atom. The summed E-state index contributed by atoms with van der Waals surface area (Å²) in [5, 5.41) is 3.34. The van der Waals surface area contributed by atoms with Crippen molar-refractivity contribution in [3.8, 4) is 0 Å². The second kappa shape index (κ2) is 6.85. The van der Waals surface area contributed by atoms with Gasteiger partial charge in [-0.1, -0.05) is 52.3 Å². The number of nitrogens with one attached hydrogen (secondary N) is 1. The number of hydrogen-bond donors (Lipinski definition) is 1. The van der Waals surface area contributed by atoms with Gasteiger partial charge >= 0.3 is 5.97 Å². The molecule has 2 aromatic rings. The Morgan fingerprint density at radius 3 is 2.48 bits per heavy atom. The van der Waals surface area contributed by atoms with Crippen molar-refractivity contribution in [3.05, 3.63) is 69.7 Å². The van der Waals surface area contributed by atoms with E-state index in [0.717, 1.165) is 41.5 Å². The molecule has 0 atom stereocenters. The minimum Gasteiger partial charge on any atom is -0.450 e. The third kappa shape index (κ3) is 3.33. The van der Waals surface area contributed by atoms with Crippen LogP contribution in [0.1, 0.15) is 34.3 Å². The molecule has 0 aliphatic carbocycles. The maximum Gasteiger partial charge on any atom is 0.339 e. The smallest absolute Gasteiger partial charge is 0.339 e. The van der Waals surface area contributed by atoms with E-state index < -0.39 is 5.60 Å². The number of carbonyl (C=O) groups is 1. The van der Waals surface area contributed by atoms with Crippen LogP contribution in [0, 0.1) is 6.92 Å². The van der Waals surface area contributed by atoms with Crippen molar-refractivity contribution in [3.63, 3.8) is 0 Å². The Balaban J connectivity index is 1.93. The van der Waals surface area contributed by atoms with Crippen molar-refractivity contribution in [2.45, 2.75) is 25.4 Å². The fraction of sp³-hybridized carbons (Fsp3) is 0.316. The van der Waals surface area contributed by atoms with Gasteiger partial charge < -0.3 is 10.1 Å². The summed E-state index contributed by atoms with van der Waals surface area (Å²) >= 11 is 3.48. The van der Waals surface area contributed by atoms with E-state index in [1.807, 2.05) is 55.5 Å². The molecule has 1 N–H and O–H groups in total. The van der Waals surface area contributed by atoms with Crippen LogP contribution in [0.15, 0.2) is 53.0 Å². The van der Waals surface area contributed by atoms with E-state index in [1.54, 1.807) is 0 Å². The lowest BCUT2D eigenvalue weighted by atomic mass is 9.84. The quantitative estimate of drug-likeness (QED) is 0.819. The van der Waals surface area contributed by atoms with Gasteiger partial charge in [0.05, 0.1) is 5.56 Å². The van der Waals surface area contributed by atoms with Crippen molar-refractivity contribution >= 4 is 21.9 Å². The number of carbonyl (C=O) groups excluding carboxylic acids is 1. The molecule has 0 saturated carbocycles. The van der Waals surface area contributed by atoms with Crippen molar-refractivity contribution in [1.29, 1.82) is 0 Å². The van der Waals surface area contributed by atoms with Crippen molar-refractivity contribution in [2.75, 3.05) is 13.1 Å². The highest BCUT2D eigenvalue weighted by Gasteiger charge is 2.38. The van der Waals surface area contributed by atoms with E-state index in [4.69, 9.17) is 4.74 Å². The van der Waals surface area contributed by atoms with Gasteiger partial charge in [0, 0.05) is 17.3 Å². The standard InChI is InChI=1S/C19H20BrNO2/c1-14-16(8-5-9-17(14)20)18(22)23-19(10-12-21-13-11-19)15-6-3-2-4-7-15/h2-9,21H,10-13H2,1H3. The molecule has 0 spiro atoms. The van der Waals surface area contributed by atoms with Crippen LogP contribution in [-0.4, -0.2) is 19.1 Å². The number of rotatable bonds is 3. The fourth-order valence-electron chi connectivity index (χ4n) is 3.08. The predicted molar refractivity (Wildman–Crippen MR) is 94.5 cm³/mol. The molecule has 0 unspecified atom stereocenters.